The highest BCUT2D eigenvalue weighted by molar-refractivity contribution is 7.90. The first-order chi connectivity index (χ1) is 70.7. The average Bonchev–Trinajstić information content (AvgIpc) is 1.60. The van der Waals surface area contributed by atoms with Gasteiger partial charge in [0, 0.05) is 142 Å². The van der Waals surface area contributed by atoms with Gasteiger partial charge < -0.3 is 15.0 Å². The summed E-state index contributed by atoms with van der Waals surface area (Å²) in [6.45, 7) is 33.1. The molecule has 20 rings (SSSR count). The molecule has 5 aromatic heterocycles. The summed E-state index contributed by atoms with van der Waals surface area (Å²) in [6, 6.07) is 69.5. The van der Waals surface area contributed by atoms with E-state index in [4.69, 9.17) is 4.74 Å². The summed E-state index contributed by atoms with van der Waals surface area (Å²) < 4.78 is 33.6. The van der Waals surface area contributed by atoms with Gasteiger partial charge in [-0.05, 0) is 255 Å². The Balaban J connectivity index is 0.000000131. The summed E-state index contributed by atoms with van der Waals surface area (Å²) in [4.78, 5) is 74.4. The maximum absolute atomic E-state index is 12.6. The number of hydrogen-bond donors (Lipinski definition) is 2. The molecule has 10 aliphatic rings. The zero-order chi connectivity index (χ0) is 105. The fraction of sp³-hybridized carbons (Fsp3) is 0.413. The van der Waals surface area contributed by atoms with E-state index in [0.29, 0.717) is 146 Å². The van der Waals surface area contributed by atoms with E-state index in [1.54, 1.807) is 12.3 Å². The van der Waals surface area contributed by atoms with Crippen LogP contribution in [-0.2, 0) is 33.9 Å². The lowest BCUT2D eigenvalue weighted by Crippen LogP contribution is -2.43. The van der Waals surface area contributed by atoms with Gasteiger partial charge in [-0.1, -0.05) is 242 Å². The van der Waals surface area contributed by atoms with Crippen LogP contribution in [0, 0.1) is 205 Å². The molecule has 30 atom stereocenters. The summed E-state index contributed by atoms with van der Waals surface area (Å²) in [5, 5.41) is 49.4. The van der Waals surface area contributed by atoms with Crippen molar-refractivity contribution < 1.29 is 32.3 Å². The number of nitriles is 5. The van der Waals surface area contributed by atoms with Gasteiger partial charge in [-0.2, -0.15) is 26.3 Å². The number of rotatable bonds is 15. The van der Waals surface area contributed by atoms with Crippen molar-refractivity contribution in [3.05, 3.63) is 300 Å². The highest BCUT2D eigenvalue weighted by Gasteiger charge is 2.57. The second-order valence-electron chi connectivity index (χ2n) is 43.8. The zero-order valence-electron chi connectivity index (χ0n) is 87.2. The highest BCUT2D eigenvalue weighted by Crippen LogP contribution is 2.55. The van der Waals surface area contributed by atoms with Gasteiger partial charge in [0.05, 0.1) is 97.8 Å². The van der Waals surface area contributed by atoms with Gasteiger partial charge in [0.2, 0.25) is 21.8 Å². The number of fused-ring (bicyclic) bond motifs is 5. The Bertz CT molecular complexity index is 6620. The van der Waals surface area contributed by atoms with Crippen LogP contribution in [0.1, 0.15) is 199 Å². The van der Waals surface area contributed by atoms with Gasteiger partial charge in [0.15, 0.2) is 0 Å². The lowest BCUT2D eigenvalue weighted by molar-refractivity contribution is -0.144. The quantitative estimate of drug-likeness (QED) is 0.0901. The number of carbonyl (C=O) groups is 4. The number of sulfonamides is 1. The molecule has 0 bridgehead atoms. The minimum atomic E-state index is -3.24. The molecule has 10 fully saturated rings. The van der Waals surface area contributed by atoms with Crippen LogP contribution in [0.2, 0.25) is 0 Å². The van der Waals surface area contributed by atoms with E-state index in [9.17, 15) is 53.9 Å². The van der Waals surface area contributed by atoms with Gasteiger partial charge in [-0.3, -0.25) is 44.1 Å². The SMILES string of the molecule is C[C@H]1[C@H](/C=C/c2ccc(-c3ccccc3C#N)cn2)[C@@H]2[C@@H](C)NC(=O)[C@@H]2C[C@@H]1C.C[C@H]1[C@H](/C=C/c2ccc(-c3ccccc3C#N)cn2)[C@H]2[C@@H](C[C@@H]1C)N(C)C(=O)[C@@H]2C.C[C@H]1[C@H](/C=C/c2ccc(-c3ccccc3C#N)cn2)[C@H]2[C@@H](C[C@@H]1C)OC(=O)[C@@H]2C.C[C@H]1[C@H](/C=C/c2ccc(-c3ccccc3C#N)cn2)[C@H]2[C@@H](C[C@@H]1C)S(=O)(=O)N[C@@H]2C.C[C@H]1[C@H](/C=C/c2ccc(-c3ccccc3C#N)cn2)[C@H]2[C@H](CC(=O)[C@@H]2C)C[C@@H]1C. The number of benzene rings is 5. The van der Waals surface area contributed by atoms with Crippen LogP contribution in [0.5, 0.6) is 0 Å². The number of nitrogens with zero attached hydrogens (tertiary/aromatic N) is 11. The summed E-state index contributed by atoms with van der Waals surface area (Å²) >= 11 is 0. The minimum absolute atomic E-state index is 0.0381. The number of carbonyl (C=O) groups excluding carboxylic acids is 4. The van der Waals surface area contributed by atoms with E-state index in [2.05, 4.69) is 210 Å². The van der Waals surface area contributed by atoms with Crippen LogP contribution in [-0.4, -0.2) is 98.3 Å². The Labute approximate surface area is 869 Å². The molecule has 4 saturated heterocycles. The van der Waals surface area contributed by atoms with Crippen LogP contribution in [0.15, 0.2) is 243 Å². The first-order valence-corrected chi connectivity index (χ1v) is 54.3. The normalized spacial score (nSPS) is 31.6. The van der Waals surface area contributed by atoms with E-state index >= 15 is 0 Å². The van der Waals surface area contributed by atoms with Crippen molar-refractivity contribution in [1.29, 1.82) is 26.3 Å². The van der Waals surface area contributed by atoms with E-state index in [-0.39, 0.29) is 82.6 Å². The van der Waals surface area contributed by atoms with E-state index in [0.717, 1.165) is 116 Å². The fourth-order valence-corrected chi connectivity index (χ4v) is 28.5. The Hall–Kier alpha value is -14.0. The van der Waals surface area contributed by atoms with Gasteiger partial charge in [-0.25, -0.2) is 13.1 Å². The molecule has 4 aliphatic heterocycles. The standard InChI is InChI=1S/C26H29N3O.C26H28N2O.C25H27N3O.C25H26N2O2.C24H27N3O2S/c1-16-13-24-25(18(3)26(30)29(24)4)22(17(16)2)12-11-21-10-9-20(15-28-21)23-8-6-5-7-19(23)14-27;1-16-12-21-13-25(29)18(3)26(21)23(17(16)2)11-10-22-9-8-20(15-28-22)24-7-5-4-6-19(24)14-27;1-15-12-23-24(17(3)28-25(23)29)21(16(15)2)11-10-20-9-8-19(14-27-20)22-7-5-4-6-18(22)13-26;1-15-12-23-24(17(3)25(28)29-23)21(16(15)2)11-10-20-9-8-19(14-27-20)22-7-5-4-6-18(22)13-26;1-15-12-23-24(17(3)27-30(23,28)29)21(16(15)2)11-10-20-9-8-19(14-26-20)22-7-5-4-6-18(22)13-25/h5-12,15-18,22,24-25H,13H2,1-4H3;4-11,15-18,21,23,26H,12-13H2,1-3H3;4-11,14-17,21,23-24H,12H2,1-3H3,(H,28,29);4-11,14-17,21,23-24H,12H2,1-3H3;4-11,14-17,21,23-24,27H,12H2,1-3H3/b12-11+;4*11-10+/t16-,17+,18+,22-,24+,25-;16-,17+,18-,21-,23-,26+;3*15-,16+,17+,21-,23+,24-/m00000/s1. The number of esters is 1. The number of allylic oxidation sites excluding steroid dienone is 5. The number of pyridine rings is 5. The first-order valence-electron chi connectivity index (χ1n) is 52.7. The molecule has 0 unspecified atom stereocenters. The van der Waals surface area contributed by atoms with E-state index in [1.165, 1.54) is 6.42 Å². The second-order valence-corrected chi connectivity index (χ2v) is 45.7. The first kappa shape index (κ1) is 106. The van der Waals surface area contributed by atoms with Crippen molar-refractivity contribution in [3.63, 3.8) is 0 Å². The maximum Gasteiger partial charge on any atom is 0.309 e. The minimum Gasteiger partial charge on any atom is -0.462 e. The van der Waals surface area contributed by atoms with Crippen LogP contribution in [0.25, 0.3) is 86.0 Å². The number of aromatic nitrogens is 5. The largest absolute Gasteiger partial charge is 0.462 e. The lowest BCUT2D eigenvalue weighted by Gasteiger charge is -2.43. The number of ether oxygens (including phenoxy) is 1. The third-order valence-electron chi connectivity index (χ3n) is 35.5. The fourth-order valence-electron chi connectivity index (χ4n) is 26.2. The number of likely N-dealkylation sites (tertiary alicyclic amines) is 1. The molecule has 0 radical (unpaired) electrons. The topological polar surface area (TPSA) is 322 Å². The number of hydrogen-bond acceptors (Lipinski definition) is 17. The molecule has 9 heterocycles. The molecule has 21 heteroatoms. The van der Waals surface area contributed by atoms with Crippen LogP contribution < -0.4 is 10.0 Å². The molecular formula is C126H137N13O7S. The summed E-state index contributed by atoms with van der Waals surface area (Å²) in [5.41, 5.74) is 16.8. The van der Waals surface area contributed by atoms with Crippen molar-refractivity contribution >= 4 is 64.0 Å². The summed E-state index contributed by atoms with van der Waals surface area (Å²) in [6.07, 6.45) is 36.4. The van der Waals surface area contributed by atoms with Crippen LogP contribution in [0.4, 0.5) is 0 Å². The molecule has 2 N–H and O–H groups in total. The Morgan fingerprint density at radius 3 is 1.03 bits per heavy atom. The van der Waals surface area contributed by atoms with Crippen molar-refractivity contribution in [2.75, 3.05) is 7.05 Å². The van der Waals surface area contributed by atoms with Crippen LogP contribution in [0.3, 0.4) is 0 Å². The smallest absolute Gasteiger partial charge is 0.309 e. The molecule has 6 saturated carbocycles. The number of amides is 2. The van der Waals surface area contributed by atoms with E-state index in [1.807, 2.05) is 233 Å². The molecule has 147 heavy (non-hydrogen) atoms. The van der Waals surface area contributed by atoms with Gasteiger partial charge in [-0.15, -0.1) is 0 Å². The molecule has 10 aromatic rings. The molecule has 754 valence electrons. The van der Waals surface area contributed by atoms with Gasteiger partial charge in [0.1, 0.15) is 11.9 Å². The molecule has 2 amide bonds. The Kier molecular flexibility index (Phi) is 33.4. The van der Waals surface area contributed by atoms with E-state index < -0.39 is 10.0 Å². The third kappa shape index (κ3) is 22.8. The maximum atomic E-state index is 12.6. The number of Topliss-reactive ketones (excluding diaryl/α,β-unsaturated/α-hetero) is 1. The Morgan fingerprint density at radius 1 is 0.354 bits per heavy atom. The molecule has 0 spiro atoms. The second kappa shape index (κ2) is 46.4. The van der Waals surface area contributed by atoms with Gasteiger partial charge >= 0.3 is 5.97 Å². The monoisotopic (exact) mass is 1980 g/mol. The van der Waals surface area contributed by atoms with Crippen molar-refractivity contribution in [1.82, 2.24) is 39.9 Å². The number of ketones is 1. The third-order valence-corrected chi connectivity index (χ3v) is 37.5. The molecule has 6 aliphatic carbocycles. The molecule has 20 nitrogen and oxygen atoms in total. The predicted octanol–water partition coefficient (Wildman–Crippen LogP) is 24.8. The Morgan fingerprint density at radius 2 is 0.673 bits per heavy atom. The predicted molar refractivity (Wildman–Crippen MR) is 580 cm³/mol. The van der Waals surface area contributed by atoms with Crippen molar-refractivity contribution in [2.24, 2.45) is 148 Å². The van der Waals surface area contributed by atoms with Crippen molar-refractivity contribution in [3.8, 4) is 86.0 Å². The lowest BCUT2D eigenvalue weighted by atomic mass is 9.62. The summed E-state index contributed by atoms with van der Waals surface area (Å²) in [7, 11) is -1.27. The average molecular weight is 1980 g/mol. The molecule has 5 aromatic carbocycles. The highest BCUT2D eigenvalue weighted by atomic mass is 32.2. The number of nitrogens with one attached hydrogen (secondary N) is 2. The van der Waals surface area contributed by atoms with Gasteiger partial charge in [0.25, 0.3) is 0 Å². The van der Waals surface area contributed by atoms with Crippen molar-refractivity contribution in [2.45, 2.75) is 172 Å². The zero-order valence-corrected chi connectivity index (χ0v) is 88.0. The molecular weight excluding hydrogens is 1840 g/mol. The summed E-state index contributed by atoms with van der Waals surface area (Å²) in [5.74, 6) is 10.0. The van der Waals surface area contributed by atoms with Crippen LogP contribution >= 0.6 is 0 Å².